The fraction of sp³-hybridized carbons (Fsp3) is 0.292. The first-order valence-electron chi connectivity index (χ1n) is 10.6. The highest BCUT2D eigenvalue weighted by Crippen LogP contribution is 2.25. The lowest BCUT2D eigenvalue weighted by molar-refractivity contribution is -0.138. The van der Waals surface area contributed by atoms with Gasteiger partial charge in [0.25, 0.3) is 17.7 Å². The Morgan fingerprint density at radius 1 is 0.844 bits per heavy atom. The molecule has 6 nitrogen and oxygen atoms in total. The summed E-state index contributed by atoms with van der Waals surface area (Å²) in [6, 6.07) is 14.2. The van der Waals surface area contributed by atoms with Crippen LogP contribution in [-0.4, -0.2) is 40.6 Å². The lowest BCUT2D eigenvalue weighted by atomic mass is 10.1. The average Bonchev–Trinajstić information content (AvgIpc) is 3.02. The van der Waals surface area contributed by atoms with Gasteiger partial charge in [-0.25, -0.2) is 0 Å². The monoisotopic (exact) mass is 471 g/mol. The van der Waals surface area contributed by atoms with Gasteiger partial charge in [-0.3, -0.25) is 19.3 Å². The molecule has 0 aliphatic carbocycles. The Hall–Kier alpha value is -2.83. The van der Waals surface area contributed by atoms with Gasteiger partial charge in [0.05, 0.1) is 6.54 Å². The van der Waals surface area contributed by atoms with E-state index in [4.69, 9.17) is 23.2 Å². The van der Waals surface area contributed by atoms with Crippen LogP contribution >= 0.6 is 23.2 Å². The molecule has 0 atom stereocenters. The molecule has 2 aromatic carbocycles. The molecule has 166 valence electrons. The second-order valence-electron chi connectivity index (χ2n) is 7.92. The van der Waals surface area contributed by atoms with Crippen LogP contribution in [0.4, 0.5) is 0 Å². The molecule has 1 N–H and O–H groups in total. The molecule has 0 bridgehead atoms. The van der Waals surface area contributed by atoms with Crippen LogP contribution in [0.25, 0.3) is 0 Å². The highest BCUT2D eigenvalue weighted by atomic mass is 35.5. The molecular formula is C24H23Cl2N3O3. The third-order valence-electron chi connectivity index (χ3n) is 5.68. The smallest absolute Gasteiger partial charge is 0.278 e. The topological polar surface area (TPSA) is 69.7 Å². The molecule has 0 spiro atoms. The number of likely N-dealkylation sites (tertiary alicyclic amines) is 1. The molecule has 2 aromatic rings. The van der Waals surface area contributed by atoms with Gasteiger partial charge in [0, 0.05) is 30.2 Å². The van der Waals surface area contributed by atoms with E-state index in [0.29, 0.717) is 17.1 Å². The number of hydrogen-bond acceptors (Lipinski definition) is 4. The van der Waals surface area contributed by atoms with Crippen molar-refractivity contribution in [2.75, 3.05) is 13.1 Å². The molecule has 8 heteroatoms. The minimum absolute atomic E-state index is 0.0457. The molecule has 0 saturated carbocycles. The first-order chi connectivity index (χ1) is 15.4. The maximum absolute atomic E-state index is 12.8. The van der Waals surface area contributed by atoms with Gasteiger partial charge in [-0.05, 0) is 54.7 Å². The van der Waals surface area contributed by atoms with Crippen LogP contribution in [0.15, 0.2) is 59.3 Å². The zero-order chi connectivity index (χ0) is 22.7. The summed E-state index contributed by atoms with van der Waals surface area (Å²) in [5.74, 6) is -0.951. The summed E-state index contributed by atoms with van der Waals surface area (Å²) in [4.78, 5) is 40.8. The van der Waals surface area contributed by atoms with Crippen LogP contribution in [0.3, 0.4) is 0 Å². The van der Waals surface area contributed by atoms with E-state index < -0.39 is 11.8 Å². The largest absolute Gasteiger partial charge is 0.375 e. The number of nitrogens with zero attached hydrogens (tertiary/aromatic N) is 2. The first-order valence-corrected chi connectivity index (χ1v) is 11.3. The van der Waals surface area contributed by atoms with Gasteiger partial charge in [-0.1, -0.05) is 47.5 Å². The molecule has 32 heavy (non-hydrogen) atoms. The Bertz CT molecular complexity index is 1060. The molecule has 2 aliphatic heterocycles. The highest BCUT2D eigenvalue weighted by molar-refractivity contribution is 6.47. The van der Waals surface area contributed by atoms with Crippen LogP contribution in [0, 0.1) is 0 Å². The highest BCUT2D eigenvalue weighted by Gasteiger charge is 2.37. The van der Waals surface area contributed by atoms with E-state index in [1.807, 2.05) is 17.0 Å². The maximum Gasteiger partial charge on any atom is 0.278 e. The van der Waals surface area contributed by atoms with Gasteiger partial charge in [-0.15, -0.1) is 0 Å². The standard InChI is InChI=1S/C24H23Cl2N3O3/c25-19-10-6-17(7-11-19)15-29-23(31)20(26)21(24(29)32)27-14-16-4-8-18(9-5-16)22(30)28-12-2-1-3-13-28/h4-11,27H,1-3,12-15H2. The number of imide groups is 1. The van der Waals surface area contributed by atoms with Crippen LogP contribution in [0.1, 0.15) is 40.7 Å². The fourth-order valence-electron chi connectivity index (χ4n) is 3.85. The van der Waals surface area contributed by atoms with Gasteiger partial charge in [0.1, 0.15) is 10.7 Å². The van der Waals surface area contributed by atoms with E-state index >= 15 is 0 Å². The number of benzene rings is 2. The molecule has 0 unspecified atom stereocenters. The minimum Gasteiger partial charge on any atom is -0.375 e. The number of nitrogens with one attached hydrogen (secondary N) is 1. The van der Waals surface area contributed by atoms with Crippen LogP contribution in [0.2, 0.25) is 5.02 Å². The van der Waals surface area contributed by atoms with Crippen LogP contribution < -0.4 is 5.32 Å². The van der Waals surface area contributed by atoms with Gasteiger partial charge in [0.15, 0.2) is 0 Å². The molecule has 0 radical (unpaired) electrons. The zero-order valence-corrected chi connectivity index (χ0v) is 19.0. The minimum atomic E-state index is -0.531. The molecule has 3 amide bonds. The SMILES string of the molecule is O=C(c1ccc(CNC2=C(Cl)C(=O)N(Cc3ccc(Cl)cc3)C2=O)cc1)N1CCCCC1. The van der Waals surface area contributed by atoms with Crippen molar-refractivity contribution in [3.8, 4) is 0 Å². The summed E-state index contributed by atoms with van der Waals surface area (Å²) >= 11 is 12.1. The number of carbonyl (C=O) groups is 3. The van der Waals surface area contributed by atoms with Gasteiger partial charge >= 0.3 is 0 Å². The number of piperidine rings is 1. The first kappa shape index (κ1) is 22.4. The van der Waals surface area contributed by atoms with Crippen LogP contribution in [0.5, 0.6) is 0 Å². The van der Waals surface area contributed by atoms with Crippen molar-refractivity contribution in [3.63, 3.8) is 0 Å². The molecular weight excluding hydrogens is 449 g/mol. The third-order valence-corrected chi connectivity index (χ3v) is 6.28. The number of halogens is 2. The third kappa shape index (κ3) is 4.81. The molecule has 0 aromatic heterocycles. The summed E-state index contributed by atoms with van der Waals surface area (Å²) in [7, 11) is 0. The lowest BCUT2D eigenvalue weighted by Gasteiger charge is -2.26. The Balaban J connectivity index is 1.37. The second-order valence-corrected chi connectivity index (χ2v) is 8.73. The number of amides is 3. The maximum atomic E-state index is 12.8. The summed E-state index contributed by atoms with van der Waals surface area (Å²) in [6.45, 7) is 2.02. The normalized spacial score (nSPS) is 16.7. The van der Waals surface area contributed by atoms with Crippen molar-refractivity contribution in [2.45, 2.75) is 32.4 Å². The van der Waals surface area contributed by atoms with Crippen molar-refractivity contribution in [2.24, 2.45) is 0 Å². The van der Waals surface area contributed by atoms with E-state index in [2.05, 4.69) is 5.32 Å². The number of carbonyl (C=O) groups excluding carboxylic acids is 3. The van der Waals surface area contributed by atoms with E-state index in [1.165, 1.54) is 6.42 Å². The lowest BCUT2D eigenvalue weighted by Crippen LogP contribution is -2.35. The van der Waals surface area contributed by atoms with Crippen molar-refractivity contribution >= 4 is 40.9 Å². The van der Waals surface area contributed by atoms with Gasteiger partial charge < -0.3 is 10.2 Å². The predicted octanol–water partition coefficient (Wildman–Crippen LogP) is 4.08. The second kappa shape index (κ2) is 9.76. The van der Waals surface area contributed by atoms with Crippen LogP contribution in [-0.2, 0) is 22.7 Å². The summed E-state index contributed by atoms with van der Waals surface area (Å²) < 4.78 is 0. The molecule has 4 rings (SSSR count). The molecule has 1 saturated heterocycles. The van der Waals surface area contributed by atoms with Crippen molar-refractivity contribution in [1.82, 2.24) is 15.1 Å². The van der Waals surface area contributed by atoms with Crippen molar-refractivity contribution in [1.29, 1.82) is 0 Å². The average molecular weight is 472 g/mol. The van der Waals surface area contributed by atoms with Gasteiger partial charge in [-0.2, -0.15) is 0 Å². The zero-order valence-electron chi connectivity index (χ0n) is 17.4. The summed E-state index contributed by atoms with van der Waals surface area (Å²) in [6.07, 6.45) is 3.27. The Morgan fingerprint density at radius 2 is 1.47 bits per heavy atom. The van der Waals surface area contributed by atoms with E-state index in [1.54, 1.807) is 36.4 Å². The number of rotatable bonds is 6. The van der Waals surface area contributed by atoms with Gasteiger partial charge in [0.2, 0.25) is 0 Å². The van der Waals surface area contributed by atoms with E-state index in [9.17, 15) is 14.4 Å². The quantitative estimate of drug-likeness (QED) is 0.644. The molecule has 1 fully saturated rings. The Labute approximate surface area is 196 Å². The van der Waals surface area contributed by atoms with E-state index in [-0.39, 0.29) is 23.2 Å². The summed E-state index contributed by atoms with van der Waals surface area (Å²) in [5.41, 5.74) is 2.37. The Morgan fingerprint density at radius 3 is 2.12 bits per heavy atom. The van der Waals surface area contributed by atoms with E-state index in [0.717, 1.165) is 42.0 Å². The number of hydrogen-bond donors (Lipinski definition) is 1. The van der Waals surface area contributed by atoms with Crippen molar-refractivity contribution < 1.29 is 14.4 Å². The molecule has 2 heterocycles. The predicted molar refractivity (Wildman–Crippen MR) is 123 cm³/mol. The van der Waals surface area contributed by atoms with Crippen molar-refractivity contribution in [3.05, 3.63) is 81.0 Å². The Kier molecular flexibility index (Phi) is 6.82. The summed E-state index contributed by atoms with van der Waals surface area (Å²) in [5, 5.41) is 3.44. The molecule has 2 aliphatic rings. The fourth-order valence-corrected chi connectivity index (χ4v) is 4.23.